The van der Waals surface area contributed by atoms with Crippen LogP contribution in [0.25, 0.3) is 0 Å². The van der Waals surface area contributed by atoms with Gasteiger partial charge in [-0.1, -0.05) is 0 Å². The van der Waals surface area contributed by atoms with Crippen LogP contribution in [-0.4, -0.2) is 46.1 Å². The minimum Gasteiger partial charge on any atom is -0.353 e. The molecule has 6 nitrogen and oxygen atoms in total. The third-order valence-corrected chi connectivity index (χ3v) is 2.66. The topological polar surface area (TPSA) is 67.2 Å². The van der Waals surface area contributed by atoms with E-state index in [1.165, 1.54) is 4.90 Å². The van der Waals surface area contributed by atoms with E-state index in [-0.39, 0.29) is 18.4 Å². The second-order valence-electron chi connectivity index (χ2n) is 3.87. The van der Waals surface area contributed by atoms with Crippen molar-refractivity contribution in [3.63, 3.8) is 0 Å². The fourth-order valence-corrected chi connectivity index (χ4v) is 1.64. The number of nitrogens with zero attached hydrogens (tertiary/aromatic N) is 3. The molecule has 1 fully saturated rings. The molecule has 1 aromatic rings. The molecule has 2 rings (SSSR count). The number of nitrogens with one attached hydrogen (secondary N) is 1. The third kappa shape index (κ3) is 1.91. The molecule has 86 valence electrons. The molecule has 6 heteroatoms. The summed E-state index contributed by atoms with van der Waals surface area (Å²) in [6.07, 6.45) is 0. The fourth-order valence-electron chi connectivity index (χ4n) is 1.64. The number of rotatable bonds is 1. The summed E-state index contributed by atoms with van der Waals surface area (Å²) in [5.74, 6) is -0.300. The van der Waals surface area contributed by atoms with Crippen molar-refractivity contribution in [1.29, 1.82) is 0 Å². The van der Waals surface area contributed by atoms with Crippen molar-refractivity contribution >= 4 is 11.8 Å². The quantitative estimate of drug-likeness (QED) is 0.683. The maximum absolute atomic E-state index is 12.0. The second kappa shape index (κ2) is 3.96. The van der Waals surface area contributed by atoms with Crippen LogP contribution in [0.4, 0.5) is 0 Å². The van der Waals surface area contributed by atoms with Crippen LogP contribution in [-0.2, 0) is 11.8 Å². The SMILES string of the molecule is Cc1cc(C(=O)N2CCNC(=O)C2)nn1C. The number of aryl methyl sites for hydroxylation is 2. The molecular weight excluding hydrogens is 208 g/mol. The van der Waals surface area contributed by atoms with Crippen molar-refractivity contribution in [2.24, 2.45) is 7.05 Å². The monoisotopic (exact) mass is 222 g/mol. The lowest BCUT2D eigenvalue weighted by molar-refractivity contribution is -0.123. The number of carbonyl (C=O) groups excluding carboxylic acids is 2. The third-order valence-electron chi connectivity index (χ3n) is 2.66. The Morgan fingerprint density at radius 3 is 2.88 bits per heavy atom. The normalized spacial score (nSPS) is 16.1. The zero-order chi connectivity index (χ0) is 11.7. The highest BCUT2D eigenvalue weighted by Gasteiger charge is 2.24. The van der Waals surface area contributed by atoms with Gasteiger partial charge < -0.3 is 10.2 Å². The molecule has 0 aliphatic carbocycles. The average molecular weight is 222 g/mol. The van der Waals surface area contributed by atoms with Gasteiger partial charge in [0.15, 0.2) is 5.69 Å². The lowest BCUT2D eigenvalue weighted by atomic mass is 10.3. The van der Waals surface area contributed by atoms with Gasteiger partial charge in [0.25, 0.3) is 5.91 Å². The predicted octanol–water partition coefficient (Wildman–Crippen LogP) is -0.699. The van der Waals surface area contributed by atoms with Crippen molar-refractivity contribution in [3.05, 3.63) is 17.5 Å². The summed E-state index contributed by atoms with van der Waals surface area (Å²) in [6, 6.07) is 1.73. The Balaban J connectivity index is 2.15. The first kappa shape index (κ1) is 10.7. The van der Waals surface area contributed by atoms with E-state index in [4.69, 9.17) is 0 Å². The zero-order valence-electron chi connectivity index (χ0n) is 9.36. The highest BCUT2D eigenvalue weighted by atomic mass is 16.2. The van der Waals surface area contributed by atoms with Crippen LogP contribution in [0.3, 0.4) is 0 Å². The van der Waals surface area contributed by atoms with E-state index in [0.29, 0.717) is 18.8 Å². The van der Waals surface area contributed by atoms with Crippen LogP contribution in [0.2, 0.25) is 0 Å². The van der Waals surface area contributed by atoms with E-state index in [1.54, 1.807) is 17.8 Å². The molecule has 16 heavy (non-hydrogen) atoms. The highest BCUT2D eigenvalue weighted by molar-refractivity contribution is 5.95. The lowest BCUT2D eigenvalue weighted by Crippen LogP contribution is -2.50. The summed E-state index contributed by atoms with van der Waals surface area (Å²) >= 11 is 0. The molecule has 2 amide bonds. The summed E-state index contributed by atoms with van der Waals surface area (Å²) < 4.78 is 1.65. The van der Waals surface area contributed by atoms with Gasteiger partial charge in [-0.25, -0.2) is 0 Å². The number of hydrogen-bond donors (Lipinski definition) is 1. The molecule has 0 aromatic carbocycles. The Bertz CT molecular complexity index is 419. The Hall–Kier alpha value is -1.85. The summed E-state index contributed by atoms with van der Waals surface area (Å²) in [7, 11) is 1.79. The molecule has 1 N–H and O–H groups in total. The van der Waals surface area contributed by atoms with Crippen LogP contribution >= 0.6 is 0 Å². The first-order chi connectivity index (χ1) is 7.58. The van der Waals surface area contributed by atoms with E-state index in [1.807, 2.05) is 6.92 Å². The van der Waals surface area contributed by atoms with Crippen LogP contribution in [0.5, 0.6) is 0 Å². The molecule has 2 heterocycles. The molecule has 0 unspecified atom stereocenters. The van der Waals surface area contributed by atoms with Gasteiger partial charge in [0.2, 0.25) is 5.91 Å². The molecular formula is C10H14N4O2. The Morgan fingerprint density at radius 2 is 2.31 bits per heavy atom. The number of piperazine rings is 1. The van der Waals surface area contributed by atoms with Crippen molar-refractivity contribution in [2.45, 2.75) is 6.92 Å². The van der Waals surface area contributed by atoms with Crippen molar-refractivity contribution in [3.8, 4) is 0 Å². The van der Waals surface area contributed by atoms with E-state index in [9.17, 15) is 9.59 Å². The number of hydrogen-bond acceptors (Lipinski definition) is 3. The Kier molecular flexibility index (Phi) is 2.64. The first-order valence-electron chi connectivity index (χ1n) is 5.14. The minimum atomic E-state index is -0.182. The minimum absolute atomic E-state index is 0.118. The van der Waals surface area contributed by atoms with Gasteiger partial charge in [0.1, 0.15) is 0 Å². The summed E-state index contributed by atoms with van der Waals surface area (Å²) in [5.41, 5.74) is 1.32. The van der Waals surface area contributed by atoms with E-state index < -0.39 is 0 Å². The molecule has 0 atom stereocenters. The van der Waals surface area contributed by atoms with Crippen molar-refractivity contribution < 1.29 is 9.59 Å². The molecule has 1 saturated heterocycles. The number of aromatic nitrogens is 2. The van der Waals surface area contributed by atoms with Crippen LogP contribution in [0.15, 0.2) is 6.07 Å². The van der Waals surface area contributed by atoms with Gasteiger partial charge in [-0.15, -0.1) is 0 Å². The van der Waals surface area contributed by atoms with Gasteiger partial charge in [-0.2, -0.15) is 5.10 Å². The van der Waals surface area contributed by atoms with E-state index >= 15 is 0 Å². The molecule has 1 aliphatic heterocycles. The molecule has 0 saturated carbocycles. The van der Waals surface area contributed by atoms with Gasteiger partial charge in [-0.3, -0.25) is 14.3 Å². The standard InChI is InChI=1S/C10H14N4O2/c1-7-5-8(12-13(7)2)10(16)14-4-3-11-9(15)6-14/h5H,3-4,6H2,1-2H3,(H,11,15). The van der Waals surface area contributed by atoms with Crippen LogP contribution in [0, 0.1) is 6.92 Å². The molecule has 0 radical (unpaired) electrons. The maximum atomic E-state index is 12.0. The summed E-state index contributed by atoms with van der Waals surface area (Å²) in [4.78, 5) is 24.6. The molecule has 0 spiro atoms. The average Bonchev–Trinajstić information content (AvgIpc) is 2.58. The fraction of sp³-hybridized carbons (Fsp3) is 0.500. The second-order valence-corrected chi connectivity index (χ2v) is 3.87. The Morgan fingerprint density at radius 1 is 1.56 bits per heavy atom. The van der Waals surface area contributed by atoms with E-state index in [0.717, 1.165) is 5.69 Å². The van der Waals surface area contributed by atoms with E-state index in [2.05, 4.69) is 10.4 Å². The zero-order valence-corrected chi connectivity index (χ0v) is 9.36. The van der Waals surface area contributed by atoms with Gasteiger partial charge in [0.05, 0.1) is 6.54 Å². The first-order valence-corrected chi connectivity index (χ1v) is 5.14. The highest BCUT2D eigenvalue weighted by Crippen LogP contribution is 2.06. The lowest BCUT2D eigenvalue weighted by Gasteiger charge is -2.25. The van der Waals surface area contributed by atoms with Crippen LogP contribution < -0.4 is 5.32 Å². The number of amides is 2. The Labute approximate surface area is 93.2 Å². The van der Waals surface area contributed by atoms with Crippen molar-refractivity contribution in [2.75, 3.05) is 19.6 Å². The van der Waals surface area contributed by atoms with Gasteiger partial charge in [-0.05, 0) is 13.0 Å². The maximum Gasteiger partial charge on any atom is 0.274 e. The summed E-state index contributed by atoms with van der Waals surface area (Å²) in [6.45, 7) is 3.05. The number of carbonyl (C=O) groups is 2. The molecule has 0 bridgehead atoms. The molecule has 1 aliphatic rings. The largest absolute Gasteiger partial charge is 0.353 e. The van der Waals surface area contributed by atoms with Crippen LogP contribution in [0.1, 0.15) is 16.2 Å². The molecule has 1 aromatic heterocycles. The smallest absolute Gasteiger partial charge is 0.274 e. The van der Waals surface area contributed by atoms with Gasteiger partial charge in [0, 0.05) is 25.8 Å². The van der Waals surface area contributed by atoms with Crippen molar-refractivity contribution in [1.82, 2.24) is 20.0 Å². The summed E-state index contributed by atoms with van der Waals surface area (Å²) in [5, 5.41) is 6.78. The predicted molar refractivity (Wildman–Crippen MR) is 56.9 cm³/mol. The van der Waals surface area contributed by atoms with Gasteiger partial charge >= 0.3 is 0 Å².